The fourth-order valence-electron chi connectivity index (χ4n) is 1.34. The van der Waals surface area contributed by atoms with Crippen LogP contribution < -0.4 is 5.43 Å². The van der Waals surface area contributed by atoms with Crippen molar-refractivity contribution in [3.8, 4) is 0 Å². The Morgan fingerprint density at radius 3 is 2.75 bits per heavy atom. The van der Waals surface area contributed by atoms with E-state index in [1.807, 2.05) is 9.95 Å². The lowest BCUT2D eigenvalue weighted by Crippen LogP contribution is -2.05. The predicted molar refractivity (Wildman–Crippen MR) is 66.1 cm³/mol. The zero-order chi connectivity index (χ0) is 11.4. The van der Waals surface area contributed by atoms with Gasteiger partial charge in [0, 0.05) is 42.9 Å². The molecule has 0 saturated carbocycles. The number of thiazole rings is 1. The maximum Gasteiger partial charge on any atom is 0.181 e. The van der Waals surface area contributed by atoms with Gasteiger partial charge in [-0.15, -0.1) is 22.9 Å². The maximum atomic E-state index is 10.9. The molecule has 2 heterocycles. The summed E-state index contributed by atoms with van der Waals surface area (Å²) in [5.74, 6) is 0.467. The van der Waals surface area contributed by atoms with E-state index < -0.39 is 0 Å². The molecule has 2 aromatic heterocycles. The average Bonchev–Trinajstić information content (AvgIpc) is 2.76. The number of rotatable bonds is 4. The van der Waals surface area contributed by atoms with Gasteiger partial charge in [0.15, 0.2) is 5.43 Å². The molecule has 0 aliphatic rings. The van der Waals surface area contributed by atoms with Crippen LogP contribution in [-0.2, 0) is 18.8 Å². The zero-order valence-electron chi connectivity index (χ0n) is 8.60. The van der Waals surface area contributed by atoms with E-state index in [1.165, 1.54) is 0 Å². The molecule has 0 radical (unpaired) electrons. The Morgan fingerprint density at radius 2 is 2.12 bits per heavy atom. The van der Waals surface area contributed by atoms with Gasteiger partial charge in [0.25, 0.3) is 0 Å². The molecular formula is C11H11ClN2OS. The molecule has 16 heavy (non-hydrogen) atoms. The van der Waals surface area contributed by atoms with Gasteiger partial charge in [0.2, 0.25) is 0 Å². The van der Waals surface area contributed by atoms with Crippen molar-refractivity contribution < 1.29 is 0 Å². The third-order valence-electron chi connectivity index (χ3n) is 2.18. The van der Waals surface area contributed by atoms with Crippen LogP contribution in [0.1, 0.15) is 10.7 Å². The van der Waals surface area contributed by atoms with Crippen LogP contribution in [0, 0.1) is 0 Å². The summed E-state index contributed by atoms with van der Waals surface area (Å²) in [5.41, 5.74) is 0.969. The number of hydrogen-bond donors (Lipinski definition) is 0. The van der Waals surface area contributed by atoms with E-state index in [2.05, 4.69) is 4.98 Å². The van der Waals surface area contributed by atoms with Crippen LogP contribution >= 0.6 is 22.9 Å². The molecule has 0 aromatic carbocycles. The van der Waals surface area contributed by atoms with E-state index in [9.17, 15) is 4.79 Å². The fourth-order valence-corrected chi connectivity index (χ4v) is 2.36. The molecule has 0 atom stereocenters. The van der Waals surface area contributed by atoms with E-state index in [1.54, 1.807) is 35.9 Å². The van der Waals surface area contributed by atoms with Crippen molar-refractivity contribution >= 4 is 22.9 Å². The molecule has 0 amide bonds. The lowest BCUT2D eigenvalue weighted by Gasteiger charge is -2.02. The lowest BCUT2D eigenvalue weighted by molar-refractivity contribution is 0.687. The van der Waals surface area contributed by atoms with Gasteiger partial charge in [-0.1, -0.05) is 0 Å². The molecule has 0 aliphatic carbocycles. The first-order chi connectivity index (χ1) is 7.78. The Kier molecular flexibility index (Phi) is 3.74. The molecule has 0 saturated heterocycles. The minimum atomic E-state index is 0.0370. The number of pyridine rings is 1. The SMILES string of the molecule is O=c1ccn(CCc2nc(CCl)cs2)cc1. The van der Waals surface area contributed by atoms with Crippen molar-refractivity contribution in [3.63, 3.8) is 0 Å². The first kappa shape index (κ1) is 11.4. The molecule has 0 unspecified atom stereocenters. The topological polar surface area (TPSA) is 34.9 Å². The van der Waals surface area contributed by atoms with Gasteiger partial charge in [-0.2, -0.15) is 0 Å². The summed E-state index contributed by atoms with van der Waals surface area (Å²) in [6.45, 7) is 0.829. The first-order valence-electron chi connectivity index (χ1n) is 4.93. The van der Waals surface area contributed by atoms with Gasteiger partial charge in [-0.05, 0) is 0 Å². The Morgan fingerprint density at radius 1 is 1.38 bits per heavy atom. The molecule has 0 fully saturated rings. The molecule has 5 heteroatoms. The Bertz CT molecular complexity index is 500. The van der Waals surface area contributed by atoms with Gasteiger partial charge in [0.05, 0.1) is 16.6 Å². The number of alkyl halides is 1. The van der Waals surface area contributed by atoms with E-state index in [0.717, 1.165) is 23.7 Å². The van der Waals surface area contributed by atoms with E-state index in [-0.39, 0.29) is 5.43 Å². The first-order valence-corrected chi connectivity index (χ1v) is 6.35. The molecule has 3 nitrogen and oxygen atoms in total. The highest BCUT2D eigenvalue weighted by atomic mass is 35.5. The molecule has 84 valence electrons. The average molecular weight is 255 g/mol. The fraction of sp³-hybridized carbons (Fsp3) is 0.273. The van der Waals surface area contributed by atoms with Gasteiger partial charge < -0.3 is 4.57 Å². The minimum Gasteiger partial charge on any atom is -0.354 e. The molecule has 0 N–H and O–H groups in total. The van der Waals surface area contributed by atoms with Crippen molar-refractivity contribution in [1.29, 1.82) is 0 Å². The molecule has 0 bridgehead atoms. The second-order valence-electron chi connectivity index (χ2n) is 3.39. The van der Waals surface area contributed by atoms with Crippen LogP contribution in [0.15, 0.2) is 34.7 Å². The number of halogens is 1. The van der Waals surface area contributed by atoms with Crippen molar-refractivity contribution in [1.82, 2.24) is 9.55 Å². The number of aromatic nitrogens is 2. The predicted octanol–water partition coefficient (Wildman–Crippen LogP) is 2.29. The molecule has 0 aliphatic heterocycles. The minimum absolute atomic E-state index is 0.0370. The van der Waals surface area contributed by atoms with Crippen LogP contribution in [0.3, 0.4) is 0 Å². The van der Waals surface area contributed by atoms with Crippen molar-refractivity contribution in [2.75, 3.05) is 0 Å². The van der Waals surface area contributed by atoms with Crippen molar-refractivity contribution in [2.45, 2.75) is 18.8 Å². The maximum absolute atomic E-state index is 10.9. The smallest absolute Gasteiger partial charge is 0.181 e. The normalized spacial score (nSPS) is 10.6. The van der Waals surface area contributed by atoms with Gasteiger partial charge >= 0.3 is 0 Å². The van der Waals surface area contributed by atoms with Crippen LogP contribution in [0.5, 0.6) is 0 Å². The highest BCUT2D eigenvalue weighted by Gasteiger charge is 2.00. The van der Waals surface area contributed by atoms with Crippen LogP contribution in [0.2, 0.25) is 0 Å². The largest absolute Gasteiger partial charge is 0.354 e. The number of nitrogens with zero attached hydrogens (tertiary/aromatic N) is 2. The highest BCUT2D eigenvalue weighted by molar-refractivity contribution is 7.09. The van der Waals surface area contributed by atoms with Crippen molar-refractivity contribution in [2.24, 2.45) is 0 Å². The molecular weight excluding hydrogens is 244 g/mol. The summed E-state index contributed by atoms with van der Waals surface area (Å²) in [7, 11) is 0. The third-order valence-corrected chi connectivity index (χ3v) is 3.41. The molecule has 0 spiro atoms. The highest BCUT2D eigenvalue weighted by Crippen LogP contribution is 2.12. The Labute approximate surface area is 102 Å². The quantitative estimate of drug-likeness (QED) is 0.785. The standard InChI is InChI=1S/C11H11ClN2OS/c12-7-9-8-16-11(13-9)3-6-14-4-1-10(15)2-5-14/h1-2,4-5,8H,3,6-7H2. The summed E-state index contributed by atoms with van der Waals surface area (Å²) in [6, 6.07) is 3.12. The van der Waals surface area contributed by atoms with Crippen LogP contribution in [-0.4, -0.2) is 9.55 Å². The van der Waals surface area contributed by atoms with Crippen LogP contribution in [0.25, 0.3) is 0 Å². The summed E-state index contributed by atoms with van der Waals surface area (Å²) in [4.78, 5) is 15.3. The summed E-state index contributed by atoms with van der Waals surface area (Å²) in [6.07, 6.45) is 4.45. The molecule has 2 aromatic rings. The second kappa shape index (κ2) is 5.27. The Balaban J connectivity index is 1.96. The number of aryl methyl sites for hydroxylation is 2. The van der Waals surface area contributed by atoms with E-state index in [4.69, 9.17) is 11.6 Å². The molecule has 2 rings (SSSR count). The number of hydrogen-bond acceptors (Lipinski definition) is 3. The summed E-state index contributed by atoms with van der Waals surface area (Å²) in [5, 5.41) is 3.06. The van der Waals surface area contributed by atoms with Gasteiger partial charge in [0.1, 0.15) is 0 Å². The van der Waals surface area contributed by atoms with E-state index in [0.29, 0.717) is 5.88 Å². The van der Waals surface area contributed by atoms with Gasteiger partial charge in [-0.3, -0.25) is 4.79 Å². The lowest BCUT2D eigenvalue weighted by atomic mass is 10.4. The Hall–Kier alpha value is -1.13. The van der Waals surface area contributed by atoms with Gasteiger partial charge in [-0.25, -0.2) is 4.98 Å². The van der Waals surface area contributed by atoms with E-state index >= 15 is 0 Å². The zero-order valence-corrected chi connectivity index (χ0v) is 10.2. The van der Waals surface area contributed by atoms with Crippen LogP contribution in [0.4, 0.5) is 0 Å². The summed E-state index contributed by atoms with van der Waals surface area (Å²) < 4.78 is 1.98. The monoisotopic (exact) mass is 254 g/mol. The second-order valence-corrected chi connectivity index (χ2v) is 4.60. The summed E-state index contributed by atoms with van der Waals surface area (Å²) >= 11 is 7.30. The van der Waals surface area contributed by atoms with Crippen molar-refractivity contribution in [3.05, 3.63) is 50.8 Å². The third kappa shape index (κ3) is 2.93.